The Hall–Kier alpha value is -2.95. The summed E-state index contributed by atoms with van der Waals surface area (Å²) in [5, 5.41) is 12.5. The van der Waals surface area contributed by atoms with E-state index >= 15 is 0 Å². The number of nitriles is 1. The maximum Gasteiger partial charge on any atom is 0.251 e. The summed E-state index contributed by atoms with van der Waals surface area (Å²) in [5.74, 6) is 6.54. The van der Waals surface area contributed by atoms with Crippen molar-refractivity contribution >= 4 is 17.5 Å². The molecule has 148 valence electrons. The number of ether oxygens (including phenoxy) is 1. The second-order valence-corrected chi connectivity index (χ2v) is 7.53. The lowest BCUT2D eigenvalue weighted by molar-refractivity contribution is 0.0894. The molecule has 1 N–H and O–H groups in total. The Morgan fingerprint density at radius 1 is 1.21 bits per heavy atom. The van der Waals surface area contributed by atoms with Gasteiger partial charge in [-0.15, -0.1) is 5.92 Å². The fraction of sp³-hybridized carbons (Fsp3) is 0.333. The van der Waals surface area contributed by atoms with Crippen LogP contribution in [0.15, 0.2) is 42.5 Å². The smallest absolute Gasteiger partial charge is 0.251 e. The molecular formula is C24H23ClN2O2. The zero-order valence-electron chi connectivity index (χ0n) is 16.4. The second-order valence-electron chi connectivity index (χ2n) is 7.12. The summed E-state index contributed by atoms with van der Waals surface area (Å²) in [7, 11) is 0. The van der Waals surface area contributed by atoms with Gasteiger partial charge in [-0.05, 0) is 62.4 Å². The van der Waals surface area contributed by atoms with Gasteiger partial charge >= 0.3 is 0 Å². The first kappa shape index (κ1) is 20.8. The van der Waals surface area contributed by atoms with Crippen LogP contribution in [-0.2, 0) is 6.42 Å². The van der Waals surface area contributed by atoms with Gasteiger partial charge < -0.3 is 10.1 Å². The van der Waals surface area contributed by atoms with Gasteiger partial charge in [0.25, 0.3) is 5.91 Å². The number of nitrogens with one attached hydrogen (secondary N) is 1. The number of hydrogen-bond acceptors (Lipinski definition) is 3. The summed E-state index contributed by atoms with van der Waals surface area (Å²) in [4.78, 5) is 12.6. The molecule has 3 rings (SSSR count). The zero-order chi connectivity index (χ0) is 20.6. The molecule has 0 heterocycles. The molecule has 0 unspecified atom stereocenters. The number of nitrogens with zero attached hydrogens (tertiary/aromatic N) is 1. The molecule has 1 aliphatic rings. The minimum absolute atomic E-state index is 0.0421. The number of carbonyl (C=O) groups is 1. The maximum absolute atomic E-state index is 12.6. The van der Waals surface area contributed by atoms with E-state index in [-0.39, 0.29) is 18.1 Å². The van der Waals surface area contributed by atoms with Gasteiger partial charge in [0.05, 0.1) is 16.7 Å². The monoisotopic (exact) mass is 406 g/mol. The molecule has 4 nitrogen and oxygen atoms in total. The van der Waals surface area contributed by atoms with Crippen LogP contribution in [0.1, 0.15) is 54.1 Å². The van der Waals surface area contributed by atoms with Gasteiger partial charge in [-0.2, -0.15) is 5.26 Å². The molecule has 0 radical (unpaired) electrons. The number of hydrogen-bond donors (Lipinski definition) is 1. The van der Waals surface area contributed by atoms with Crippen LogP contribution in [0.2, 0.25) is 5.02 Å². The van der Waals surface area contributed by atoms with E-state index in [1.807, 2.05) is 37.3 Å². The lowest BCUT2D eigenvalue weighted by Gasteiger charge is -2.29. The maximum atomic E-state index is 12.6. The molecule has 0 atom stereocenters. The van der Waals surface area contributed by atoms with Crippen LogP contribution >= 0.6 is 11.6 Å². The molecule has 1 saturated carbocycles. The van der Waals surface area contributed by atoms with Gasteiger partial charge in [0, 0.05) is 24.1 Å². The molecule has 0 bridgehead atoms. The normalized spacial score (nSPS) is 18.1. The second kappa shape index (κ2) is 10.0. The van der Waals surface area contributed by atoms with Crippen molar-refractivity contribution in [2.75, 3.05) is 0 Å². The van der Waals surface area contributed by atoms with E-state index in [9.17, 15) is 4.79 Å². The van der Waals surface area contributed by atoms with Crippen molar-refractivity contribution < 1.29 is 9.53 Å². The average molecular weight is 407 g/mol. The van der Waals surface area contributed by atoms with Crippen LogP contribution < -0.4 is 10.1 Å². The summed E-state index contributed by atoms with van der Waals surface area (Å²) in [5.41, 5.74) is 2.16. The zero-order valence-corrected chi connectivity index (χ0v) is 17.1. The molecule has 2 aromatic carbocycles. The minimum atomic E-state index is -0.0421. The lowest BCUT2D eigenvalue weighted by atomic mass is 9.92. The molecular weight excluding hydrogens is 384 g/mol. The Labute approximate surface area is 176 Å². The van der Waals surface area contributed by atoms with Crippen molar-refractivity contribution in [3.63, 3.8) is 0 Å². The van der Waals surface area contributed by atoms with E-state index in [2.05, 4.69) is 17.2 Å². The van der Waals surface area contributed by atoms with Crippen molar-refractivity contribution in [3.8, 4) is 23.7 Å². The predicted octanol–water partition coefficient (Wildman–Crippen LogP) is 4.90. The van der Waals surface area contributed by atoms with E-state index in [1.165, 1.54) is 0 Å². The third kappa shape index (κ3) is 5.76. The van der Waals surface area contributed by atoms with E-state index in [4.69, 9.17) is 21.6 Å². The Bertz CT molecular complexity index is 976. The van der Waals surface area contributed by atoms with Gasteiger partial charge in [-0.3, -0.25) is 4.79 Å². The molecule has 2 aromatic rings. The van der Waals surface area contributed by atoms with E-state index in [0.29, 0.717) is 28.3 Å². The first-order valence-corrected chi connectivity index (χ1v) is 10.1. The fourth-order valence-corrected chi connectivity index (χ4v) is 3.67. The van der Waals surface area contributed by atoms with Crippen molar-refractivity contribution in [1.82, 2.24) is 5.32 Å². The Morgan fingerprint density at radius 2 is 2.00 bits per heavy atom. The molecule has 1 aliphatic carbocycles. The van der Waals surface area contributed by atoms with E-state index in [1.54, 1.807) is 18.2 Å². The van der Waals surface area contributed by atoms with Crippen molar-refractivity contribution in [2.24, 2.45) is 0 Å². The van der Waals surface area contributed by atoms with Crippen LogP contribution in [0.4, 0.5) is 0 Å². The number of benzene rings is 2. The summed E-state index contributed by atoms with van der Waals surface area (Å²) in [6.45, 7) is 1.81. The molecule has 0 aliphatic heterocycles. The fourth-order valence-electron chi connectivity index (χ4n) is 3.46. The Kier molecular flexibility index (Phi) is 7.17. The van der Waals surface area contributed by atoms with Gasteiger partial charge in [0.15, 0.2) is 0 Å². The van der Waals surface area contributed by atoms with Crippen LogP contribution in [-0.4, -0.2) is 18.1 Å². The highest BCUT2D eigenvalue weighted by atomic mass is 35.5. The van der Waals surface area contributed by atoms with Gasteiger partial charge in [0.2, 0.25) is 0 Å². The highest BCUT2D eigenvalue weighted by Gasteiger charge is 2.24. The minimum Gasteiger partial charge on any atom is -0.490 e. The highest BCUT2D eigenvalue weighted by molar-refractivity contribution is 6.31. The number of amides is 1. The number of carbonyl (C=O) groups excluding carboxylic acids is 1. The molecule has 1 amide bonds. The SMILES string of the molecule is CC#CCc1cccc(C(=O)N[C@H]2CC[C@H](Oc3ccc(C#N)c(Cl)c3)CC2)c1. The van der Waals surface area contributed by atoms with Gasteiger partial charge in [-0.1, -0.05) is 29.7 Å². The quantitative estimate of drug-likeness (QED) is 0.718. The lowest BCUT2D eigenvalue weighted by Crippen LogP contribution is -2.39. The van der Waals surface area contributed by atoms with E-state index < -0.39 is 0 Å². The van der Waals surface area contributed by atoms with Crippen LogP contribution in [0.5, 0.6) is 5.75 Å². The Morgan fingerprint density at radius 3 is 2.69 bits per heavy atom. The molecule has 1 fully saturated rings. The predicted molar refractivity (Wildman–Crippen MR) is 114 cm³/mol. The summed E-state index contributed by atoms with van der Waals surface area (Å²) < 4.78 is 6.01. The van der Waals surface area contributed by atoms with Crippen molar-refractivity contribution in [2.45, 2.75) is 51.2 Å². The van der Waals surface area contributed by atoms with Crippen molar-refractivity contribution in [1.29, 1.82) is 5.26 Å². The molecule has 5 heteroatoms. The van der Waals surface area contributed by atoms with Gasteiger partial charge in [0.1, 0.15) is 11.8 Å². The number of rotatable bonds is 5. The standard InChI is InChI=1S/C24H23ClN2O2/c1-2-3-5-17-6-4-7-18(14-17)24(28)27-20-9-12-21(13-10-20)29-22-11-8-19(16-26)23(25)15-22/h4,6-8,11,14-15,20-21H,5,9-10,12-13H2,1H3,(H,27,28)/t20-,21-. The van der Waals surface area contributed by atoms with Crippen molar-refractivity contribution in [3.05, 3.63) is 64.2 Å². The first-order valence-electron chi connectivity index (χ1n) is 9.74. The summed E-state index contributed by atoms with van der Waals surface area (Å²) in [6.07, 6.45) is 4.18. The van der Waals surface area contributed by atoms with Crippen LogP contribution in [0.25, 0.3) is 0 Å². The highest BCUT2D eigenvalue weighted by Crippen LogP contribution is 2.27. The first-order chi connectivity index (χ1) is 14.1. The topological polar surface area (TPSA) is 62.1 Å². The summed E-state index contributed by atoms with van der Waals surface area (Å²) >= 11 is 6.07. The molecule has 0 saturated heterocycles. The number of halogens is 1. The Balaban J connectivity index is 1.50. The molecule has 0 spiro atoms. The van der Waals surface area contributed by atoms with Crippen LogP contribution in [0, 0.1) is 23.2 Å². The summed E-state index contributed by atoms with van der Waals surface area (Å²) in [6, 6.07) is 14.9. The average Bonchev–Trinajstić information content (AvgIpc) is 2.74. The largest absolute Gasteiger partial charge is 0.490 e. The molecule has 29 heavy (non-hydrogen) atoms. The third-order valence-electron chi connectivity index (χ3n) is 5.03. The van der Waals surface area contributed by atoms with Crippen LogP contribution in [0.3, 0.4) is 0 Å². The van der Waals surface area contributed by atoms with E-state index in [0.717, 1.165) is 31.2 Å². The van der Waals surface area contributed by atoms with Gasteiger partial charge in [-0.25, -0.2) is 0 Å². The molecule has 0 aromatic heterocycles. The third-order valence-corrected chi connectivity index (χ3v) is 5.34.